The maximum Gasteiger partial charge on any atom is 0.0402 e. The molecule has 2 heteroatoms. The summed E-state index contributed by atoms with van der Waals surface area (Å²) in [5.74, 6) is 0.541. The van der Waals surface area contributed by atoms with Gasteiger partial charge in [0.1, 0.15) is 0 Å². The predicted octanol–water partition coefficient (Wildman–Crippen LogP) is 2.74. The van der Waals surface area contributed by atoms with Crippen molar-refractivity contribution in [3.05, 3.63) is 29.8 Å². The summed E-state index contributed by atoms with van der Waals surface area (Å²) in [5.41, 5.74) is 9.39. The van der Waals surface area contributed by atoms with Crippen LogP contribution in [0.1, 0.15) is 38.2 Å². The van der Waals surface area contributed by atoms with E-state index in [9.17, 15) is 0 Å². The molecule has 17 heavy (non-hydrogen) atoms. The van der Waals surface area contributed by atoms with Crippen molar-refractivity contribution in [2.24, 2.45) is 11.1 Å². The molecule has 0 radical (unpaired) electrons. The van der Waals surface area contributed by atoms with Gasteiger partial charge in [-0.15, -0.1) is 0 Å². The highest BCUT2D eigenvalue weighted by Crippen LogP contribution is 2.59. The lowest BCUT2D eigenvalue weighted by atomic mass is 10.0. The van der Waals surface area contributed by atoms with Crippen molar-refractivity contribution in [2.75, 3.05) is 18.0 Å². The van der Waals surface area contributed by atoms with Crippen LogP contribution in [0.25, 0.3) is 0 Å². The molecule has 1 aromatic carbocycles. The van der Waals surface area contributed by atoms with E-state index in [4.69, 9.17) is 5.73 Å². The second-order valence-electron chi connectivity index (χ2n) is 6.08. The molecule has 0 amide bonds. The van der Waals surface area contributed by atoms with Gasteiger partial charge in [-0.1, -0.05) is 32.0 Å². The van der Waals surface area contributed by atoms with E-state index in [-0.39, 0.29) is 5.41 Å². The molecule has 1 saturated carbocycles. The van der Waals surface area contributed by atoms with E-state index in [0.29, 0.717) is 12.0 Å². The molecule has 92 valence electrons. The van der Waals surface area contributed by atoms with Crippen molar-refractivity contribution in [1.82, 2.24) is 0 Å². The fourth-order valence-electron chi connectivity index (χ4n) is 3.27. The van der Waals surface area contributed by atoms with Crippen LogP contribution in [0.15, 0.2) is 24.3 Å². The second-order valence-corrected chi connectivity index (χ2v) is 6.08. The van der Waals surface area contributed by atoms with E-state index in [1.54, 1.807) is 0 Å². The highest BCUT2D eigenvalue weighted by atomic mass is 15.1. The highest BCUT2D eigenvalue weighted by Gasteiger charge is 2.56. The third-order valence-corrected chi connectivity index (χ3v) is 4.63. The first kappa shape index (κ1) is 11.1. The van der Waals surface area contributed by atoms with Gasteiger partial charge in [0.2, 0.25) is 0 Å². The quantitative estimate of drug-likeness (QED) is 0.846. The van der Waals surface area contributed by atoms with Crippen molar-refractivity contribution in [1.29, 1.82) is 0 Å². The van der Waals surface area contributed by atoms with Crippen molar-refractivity contribution < 1.29 is 0 Å². The van der Waals surface area contributed by atoms with E-state index in [1.165, 1.54) is 37.2 Å². The van der Waals surface area contributed by atoms with E-state index in [1.807, 2.05) is 0 Å². The molecule has 0 spiro atoms. The van der Waals surface area contributed by atoms with Crippen LogP contribution >= 0.6 is 0 Å². The zero-order valence-electron chi connectivity index (χ0n) is 10.8. The topological polar surface area (TPSA) is 29.3 Å². The smallest absolute Gasteiger partial charge is 0.0402 e. The number of para-hydroxylation sites is 1. The third-order valence-electron chi connectivity index (χ3n) is 4.63. The molecule has 2 atom stereocenters. The largest absolute Gasteiger partial charge is 0.371 e. The molecule has 0 bridgehead atoms. The minimum absolute atomic E-state index is 0.274. The van der Waals surface area contributed by atoms with Gasteiger partial charge in [-0.3, -0.25) is 0 Å². The molecular weight excluding hydrogens is 208 g/mol. The average Bonchev–Trinajstić information content (AvgIpc) is 2.76. The maximum atomic E-state index is 6.23. The van der Waals surface area contributed by atoms with E-state index < -0.39 is 0 Å². The number of benzene rings is 1. The summed E-state index contributed by atoms with van der Waals surface area (Å²) in [7, 11) is 0. The number of hydrogen-bond donors (Lipinski definition) is 1. The number of rotatable bonds is 2. The highest BCUT2D eigenvalue weighted by molar-refractivity contribution is 5.59. The molecule has 1 heterocycles. The summed E-state index contributed by atoms with van der Waals surface area (Å²) in [6, 6.07) is 9.16. The molecule has 2 aliphatic rings. The molecule has 1 aromatic rings. The number of nitrogens with zero attached hydrogens (tertiary/aromatic N) is 1. The molecule has 2 nitrogen and oxygen atoms in total. The maximum absolute atomic E-state index is 6.23. The van der Waals surface area contributed by atoms with E-state index in [2.05, 4.69) is 43.0 Å². The molecule has 1 aliphatic heterocycles. The Kier molecular flexibility index (Phi) is 2.44. The lowest BCUT2D eigenvalue weighted by Gasteiger charge is -2.22. The minimum atomic E-state index is 0.274. The summed E-state index contributed by atoms with van der Waals surface area (Å²) >= 11 is 0. The first-order valence-corrected chi connectivity index (χ1v) is 6.72. The molecular formula is C15H22N2. The zero-order valence-corrected chi connectivity index (χ0v) is 10.8. The Morgan fingerprint density at radius 2 is 1.76 bits per heavy atom. The van der Waals surface area contributed by atoms with E-state index >= 15 is 0 Å². The Bertz CT molecular complexity index is 419. The summed E-state index contributed by atoms with van der Waals surface area (Å²) < 4.78 is 0. The Hall–Kier alpha value is -1.02. The molecule has 2 fully saturated rings. The van der Waals surface area contributed by atoms with Crippen LogP contribution in [0.2, 0.25) is 0 Å². The molecule has 2 unspecified atom stereocenters. The van der Waals surface area contributed by atoms with Crippen LogP contribution in [0, 0.1) is 5.41 Å². The Labute approximate surface area is 104 Å². The van der Waals surface area contributed by atoms with Gasteiger partial charge in [-0.05, 0) is 29.9 Å². The SMILES string of the molecule is CC1(C)C(N)C1c1ccccc1N1CCCC1. The molecule has 2 N–H and O–H groups in total. The van der Waals surface area contributed by atoms with Crippen LogP contribution in [0.3, 0.4) is 0 Å². The number of hydrogen-bond acceptors (Lipinski definition) is 2. The fraction of sp³-hybridized carbons (Fsp3) is 0.600. The van der Waals surface area contributed by atoms with Crippen LogP contribution in [-0.2, 0) is 0 Å². The van der Waals surface area contributed by atoms with Gasteiger partial charge in [-0.2, -0.15) is 0 Å². The van der Waals surface area contributed by atoms with Crippen molar-refractivity contribution in [2.45, 2.75) is 38.6 Å². The standard InChI is InChI=1S/C15H22N2/c1-15(2)13(14(15)16)11-7-3-4-8-12(11)17-9-5-6-10-17/h3-4,7-8,13-14H,5-6,9-10,16H2,1-2H3. The molecule has 1 saturated heterocycles. The van der Waals surface area contributed by atoms with Gasteiger partial charge in [0, 0.05) is 30.7 Å². The monoisotopic (exact) mass is 230 g/mol. The molecule has 0 aromatic heterocycles. The Morgan fingerprint density at radius 1 is 1.18 bits per heavy atom. The molecule has 3 rings (SSSR count). The van der Waals surface area contributed by atoms with Crippen molar-refractivity contribution in [3.8, 4) is 0 Å². The number of nitrogens with two attached hydrogens (primary N) is 1. The van der Waals surface area contributed by atoms with E-state index in [0.717, 1.165) is 0 Å². The zero-order chi connectivity index (χ0) is 12.0. The van der Waals surface area contributed by atoms with Gasteiger partial charge in [0.15, 0.2) is 0 Å². The van der Waals surface area contributed by atoms with Gasteiger partial charge in [-0.25, -0.2) is 0 Å². The normalized spacial score (nSPS) is 30.6. The minimum Gasteiger partial charge on any atom is -0.371 e. The van der Waals surface area contributed by atoms with Gasteiger partial charge in [0.25, 0.3) is 0 Å². The summed E-state index contributed by atoms with van der Waals surface area (Å²) in [5, 5.41) is 0. The van der Waals surface area contributed by atoms with Gasteiger partial charge >= 0.3 is 0 Å². The average molecular weight is 230 g/mol. The van der Waals surface area contributed by atoms with Crippen LogP contribution in [0.5, 0.6) is 0 Å². The second kappa shape index (κ2) is 3.74. The van der Waals surface area contributed by atoms with Crippen molar-refractivity contribution in [3.63, 3.8) is 0 Å². The predicted molar refractivity (Wildman–Crippen MR) is 72.4 cm³/mol. The van der Waals surface area contributed by atoms with Crippen molar-refractivity contribution >= 4 is 5.69 Å². The fourth-order valence-corrected chi connectivity index (χ4v) is 3.27. The van der Waals surface area contributed by atoms with Crippen LogP contribution in [-0.4, -0.2) is 19.1 Å². The third kappa shape index (κ3) is 1.66. The van der Waals surface area contributed by atoms with Gasteiger partial charge < -0.3 is 10.6 Å². The summed E-state index contributed by atoms with van der Waals surface area (Å²) in [6.07, 6.45) is 2.66. The number of anilines is 1. The first-order valence-electron chi connectivity index (χ1n) is 6.72. The lowest BCUT2D eigenvalue weighted by Crippen LogP contribution is -2.19. The van der Waals surface area contributed by atoms with Crippen LogP contribution < -0.4 is 10.6 Å². The Balaban J connectivity index is 1.94. The summed E-state index contributed by atoms with van der Waals surface area (Å²) in [6.45, 7) is 6.98. The first-order chi connectivity index (χ1) is 8.12. The summed E-state index contributed by atoms with van der Waals surface area (Å²) in [4.78, 5) is 2.52. The lowest BCUT2D eigenvalue weighted by molar-refractivity contribution is 0.599. The van der Waals surface area contributed by atoms with Gasteiger partial charge in [0.05, 0.1) is 0 Å². The molecule has 1 aliphatic carbocycles. The van der Waals surface area contributed by atoms with Crippen LogP contribution in [0.4, 0.5) is 5.69 Å². The Morgan fingerprint density at radius 3 is 2.35 bits per heavy atom.